The number of aromatic nitrogens is 2. The van der Waals surface area contributed by atoms with E-state index in [1.54, 1.807) is 12.1 Å². The number of piperazine rings is 1. The SMILES string of the molecule is Cn1ccnc1C1CNCCN1CCC(=O)Nc1cccc(Cl)c1. The van der Waals surface area contributed by atoms with Crippen LogP contribution in [0.1, 0.15) is 18.3 Å². The Labute approximate surface area is 146 Å². The van der Waals surface area contributed by atoms with E-state index < -0.39 is 0 Å². The minimum absolute atomic E-state index is 0.00519. The molecule has 1 aliphatic heterocycles. The fraction of sp³-hybridized carbons (Fsp3) is 0.412. The molecular formula is C17H22ClN5O. The van der Waals surface area contributed by atoms with Crippen molar-refractivity contribution in [2.45, 2.75) is 12.5 Å². The van der Waals surface area contributed by atoms with Crippen molar-refractivity contribution in [2.75, 3.05) is 31.5 Å². The normalized spacial score (nSPS) is 18.5. The number of nitrogens with zero attached hydrogens (tertiary/aromatic N) is 3. The van der Waals surface area contributed by atoms with E-state index in [2.05, 4.69) is 20.5 Å². The third-order valence-corrected chi connectivity index (χ3v) is 4.48. The Hall–Kier alpha value is -1.89. The molecule has 24 heavy (non-hydrogen) atoms. The number of carbonyl (C=O) groups is 1. The second kappa shape index (κ2) is 7.79. The third kappa shape index (κ3) is 4.14. The first-order chi connectivity index (χ1) is 11.6. The molecular weight excluding hydrogens is 326 g/mol. The molecule has 1 atom stereocenters. The molecule has 0 radical (unpaired) electrons. The summed E-state index contributed by atoms with van der Waals surface area (Å²) in [5, 5.41) is 6.92. The van der Waals surface area contributed by atoms with Gasteiger partial charge in [0.25, 0.3) is 0 Å². The fourth-order valence-corrected chi connectivity index (χ4v) is 3.19. The molecule has 1 amide bonds. The van der Waals surface area contributed by atoms with Crippen LogP contribution in [-0.2, 0) is 11.8 Å². The predicted octanol–water partition coefficient (Wildman–Crippen LogP) is 2.05. The van der Waals surface area contributed by atoms with Gasteiger partial charge in [0.2, 0.25) is 5.91 Å². The number of aryl methyl sites for hydroxylation is 1. The summed E-state index contributed by atoms with van der Waals surface area (Å²) in [6.07, 6.45) is 4.20. The Morgan fingerprint density at radius 2 is 2.38 bits per heavy atom. The maximum atomic E-state index is 12.2. The van der Waals surface area contributed by atoms with Crippen LogP contribution in [0.15, 0.2) is 36.7 Å². The van der Waals surface area contributed by atoms with Crippen molar-refractivity contribution in [1.82, 2.24) is 19.8 Å². The lowest BCUT2D eigenvalue weighted by Gasteiger charge is -2.35. The molecule has 2 aromatic rings. The molecule has 1 aliphatic rings. The number of halogens is 1. The predicted molar refractivity (Wildman–Crippen MR) is 95.1 cm³/mol. The van der Waals surface area contributed by atoms with Crippen LogP contribution in [0.5, 0.6) is 0 Å². The molecule has 2 heterocycles. The summed E-state index contributed by atoms with van der Waals surface area (Å²) in [7, 11) is 2.00. The topological polar surface area (TPSA) is 62.2 Å². The van der Waals surface area contributed by atoms with Crippen molar-refractivity contribution in [3.8, 4) is 0 Å². The lowest BCUT2D eigenvalue weighted by atomic mass is 10.1. The van der Waals surface area contributed by atoms with Gasteiger partial charge in [-0.3, -0.25) is 9.69 Å². The van der Waals surface area contributed by atoms with Crippen molar-refractivity contribution in [2.24, 2.45) is 7.05 Å². The van der Waals surface area contributed by atoms with Gasteiger partial charge in [0.15, 0.2) is 0 Å². The molecule has 1 aromatic heterocycles. The van der Waals surface area contributed by atoms with Crippen LogP contribution in [0.4, 0.5) is 5.69 Å². The van der Waals surface area contributed by atoms with Gasteiger partial charge in [-0.25, -0.2) is 4.98 Å². The average molecular weight is 348 g/mol. The number of amides is 1. The Kier molecular flexibility index (Phi) is 5.50. The Bertz CT molecular complexity index is 702. The van der Waals surface area contributed by atoms with Gasteiger partial charge in [-0.2, -0.15) is 0 Å². The van der Waals surface area contributed by atoms with E-state index in [-0.39, 0.29) is 11.9 Å². The first-order valence-corrected chi connectivity index (χ1v) is 8.48. The summed E-state index contributed by atoms with van der Waals surface area (Å²) < 4.78 is 2.04. The van der Waals surface area contributed by atoms with E-state index in [1.807, 2.05) is 36.1 Å². The van der Waals surface area contributed by atoms with Crippen molar-refractivity contribution in [3.63, 3.8) is 0 Å². The van der Waals surface area contributed by atoms with E-state index in [1.165, 1.54) is 0 Å². The Morgan fingerprint density at radius 1 is 1.50 bits per heavy atom. The van der Waals surface area contributed by atoms with Gasteiger partial charge in [-0.15, -0.1) is 0 Å². The monoisotopic (exact) mass is 347 g/mol. The Morgan fingerprint density at radius 3 is 3.12 bits per heavy atom. The lowest BCUT2D eigenvalue weighted by molar-refractivity contribution is -0.116. The van der Waals surface area contributed by atoms with Crippen LogP contribution in [0.25, 0.3) is 0 Å². The van der Waals surface area contributed by atoms with E-state index in [0.717, 1.165) is 31.1 Å². The molecule has 128 valence electrons. The lowest BCUT2D eigenvalue weighted by Crippen LogP contribution is -2.47. The molecule has 3 rings (SSSR count). The molecule has 1 fully saturated rings. The van der Waals surface area contributed by atoms with Crippen LogP contribution in [0, 0.1) is 0 Å². The van der Waals surface area contributed by atoms with Gasteiger partial charge in [0.1, 0.15) is 5.82 Å². The summed E-state index contributed by atoms with van der Waals surface area (Å²) in [6.45, 7) is 3.38. The van der Waals surface area contributed by atoms with Gasteiger partial charge in [-0.05, 0) is 18.2 Å². The summed E-state index contributed by atoms with van der Waals surface area (Å²) >= 11 is 5.94. The maximum Gasteiger partial charge on any atom is 0.225 e. The minimum Gasteiger partial charge on any atom is -0.337 e. The smallest absolute Gasteiger partial charge is 0.225 e. The van der Waals surface area contributed by atoms with E-state index in [9.17, 15) is 4.79 Å². The van der Waals surface area contributed by atoms with Crippen molar-refractivity contribution < 1.29 is 4.79 Å². The van der Waals surface area contributed by atoms with E-state index in [4.69, 9.17) is 11.6 Å². The van der Waals surface area contributed by atoms with Crippen LogP contribution in [0.2, 0.25) is 5.02 Å². The largest absolute Gasteiger partial charge is 0.337 e. The molecule has 1 saturated heterocycles. The second-order valence-corrected chi connectivity index (χ2v) is 6.40. The van der Waals surface area contributed by atoms with Gasteiger partial charge in [-0.1, -0.05) is 17.7 Å². The molecule has 0 bridgehead atoms. The minimum atomic E-state index is -0.00519. The molecule has 2 N–H and O–H groups in total. The number of carbonyl (C=O) groups excluding carboxylic acids is 1. The standard InChI is InChI=1S/C17H22ClN5O/c1-22-9-7-20-17(22)15-12-19-6-10-23(15)8-5-16(24)21-14-4-2-3-13(18)11-14/h2-4,7,9,11,15,19H,5-6,8,10,12H2,1H3,(H,21,24). The highest BCUT2D eigenvalue weighted by atomic mass is 35.5. The van der Waals surface area contributed by atoms with Crippen molar-refractivity contribution >= 4 is 23.2 Å². The van der Waals surface area contributed by atoms with Crippen molar-refractivity contribution in [1.29, 1.82) is 0 Å². The highest BCUT2D eigenvalue weighted by Gasteiger charge is 2.26. The fourth-order valence-electron chi connectivity index (χ4n) is 3.00. The molecule has 1 aromatic carbocycles. The molecule has 7 heteroatoms. The quantitative estimate of drug-likeness (QED) is 0.869. The van der Waals surface area contributed by atoms with Crippen LogP contribution < -0.4 is 10.6 Å². The molecule has 0 saturated carbocycles. The van der Waals surface area contributed by atoms with Crippen LogP contribution >= 0.6 is 11.6 Å². The van der Waals surface area contributed by atoms with Crippen LogP contribution in [0.3, 0.4) is 0 Å². The van der Waals surface area contributed by atoms with Crippen LogP contribution in [-0.4, -0.2) is 46.5 Å². The summed E-state index contributed by atoms with van der Waals surface area (Å²) in [4.78, 5) is 19.0. The third-order valence-electron chi connectivity index (χ3n) is 4.25. The zero-order valence-electron chi connectivity index (χ0n) is 13.7. The van der Waals surface area contributed by atoms with Gasteiger partial charge >= 0.3 is 0 Å². The average Bonchev–Trinajstić information content (AvgIpc) is 2.99. The number of imidazole rings is 1. The second-order valence-electron chi connectivity index (χ2n) is 5.96. The number of rotatable bonds is 5. The number of nitrogens with one attached hydrogen (secondary N) is 2. The summed E-state index contributed by atoms with van der Waals surface area (Å²) in [5.74, 6) is 1.02. The molecule has 0 spiro atoms. The van der Waals surface area contributed by atoms with E-state index >= 15 is 0 Å². The zero-order valence-corrected chi connectivity index (χ0v) is 14.5. The van der Waals surface area contributed by atoms with Gasteiger partial charge < -0.3 is 15.2 Å². The number of benzene rings is 1. The molecule has 1 unspecified atom stereocenters. The van der Waals surface area contributed by atoms with Gasteiger partial charge in [0, 0.05) is 62.8 Å². The number of hydrogen-bond donors (Lipinski definition) is 2. The zero-order chi connectivity index (χ0) is 16.9. The number of anilines is 1. The summed E-state index contributed by atoms with van der Waals surface area (Å²) in [6, 6.07) is 7.39. The molecule has 0 aliphatic carbocycles. The molecule has 6 nitrogen and oxygen atoms in total. The number of hydrogen-bond acceptors (Lipinski definition) is 4. The summed E-state index contributed by atoms with van der Waals surface area (Å²) in [5.41, 5.74) is 0.730. The van der Waals surface area contributed by atoms with Crippen molar-refractivity contribution in [3.05, 3.63) is 47.5 Å². The highest BCUT2D eigenvalue weighted by molar-refractivity contribution is 6.30. The first-order valence-electron chi connectivity index (χ1n) is 8.11. The van der Waals surface area contributed by atoms with Gasteiger partial charge in [0.05, 0.1) is 6.04 Å². The highest BCUT2D eigenvalue weighted by Crippen LogP contribution is 2.21. The maximum absolute atomic E-state index is 12.2. The first kappa shape index (κ1) is 17.0. The Balaban J connectivity index is 1.58. The van der Waals surface area contributed by atoms with E-state index in [0.29, 0.717) is 18.0 Å².